The van der Waals surface area contributed by atoms with Crippen LogP contribution in [0.3, 0.4) is 0 Å². The van der Waals surface area contributed by atoms with Crippen molar-refractivity contribution in [3.05, 3.63) is 0 Å². The van der Waals surface area contributed by atoms with Crippen molar-refractivity contribution in [2.75, 3.05) is 20.6 Å². The smallest absolute Gasteiger partial charge is 0.245 e. The minimum atomic E-state index is -1.21. The Hall–Kier alpha value is -5.83. The van der Waals surface area contributed by atoms with Crippen molar-refractivity contribution >= 4 is 65.0 Å². The van der Waals surface area contributed by atoms with E-state index in [0.717, 1.165) is 4.90 Å². The highest BCUT2D eigenvalue weighted by Crippen LogP contribution is 2.17. The van der Waals surface area contributed by atoms with Crippen LogP contribution in [0.2, 0.25) is 0 Å². The molecule has 0 saturated carbocycles. The zero-order valence-electron chi connectivity index (χ0n) is 49.9. The predicted molar refractivity (Wildman–Crippen MR) is 295 cm³/mol. The van der Waals surface area contributed by atoms with Gasteiger partial charge in [0.15, 0.2) is 0 Å². The number of hydrogen-bond acceptors (Lipinski definition) is 11. The largest absolute Gasteiger partial charge is 0.343 e. The van der Waals surface area contributed by atoms with Crippen molar-refractivity contribution in [3.63, 3.8) is 0 Å². The van der Waals surface area contributed by atoms with Crippen LogP contribution >= 0.6 is 0 Å². The first-order valence-corrected chi connectivity index (χ1v) is 27.9. The van der Waals surface area contributed by atoms with E-state index in [0.29, 0.717) is 6.42 Å². The molecule has 0 spiro atoms. The number of likely N-dealkylation sites (N-methyl/N-ethyl adjacent to an activating group) is 2. The summed E-state index contributed by atoms with van der Waals surface area (Å²) in [6.07, 6.45) is 1.43. The first-order valence-electron chi connectivity index (χ1n) is 27.9. The second-order valence-electron chi connectivity index (χ2n) is 23.9. The van der Waals surface area contributed by atoms with Gasteiger partial charge in [-0.05, 0) is 93.8 Å². The van der Waals surface area contributed by atoms with Crippen molar-refractivity contribution in [2.45, 2.75) is 223 Å². The molecule has 1 fully saturated rings. The van der Waals surface area contributed by atoms with Crippen LogP contribution in [0.5, 0.6) is 0 Å². The van der Waals surface area contributed by atoms with Crippen LogP contribution in [0.4, 0.5) is 0 Å². The molecular formula is C55H99N11O11. The van der Waals surface area contributed by atoms with Crippen LogP contribution in [0, 0.1) is 41.4 Å². The van der Waals surface area contributed by atoms with E-state index in [2.05, 4.69) is 47.9 Å². The minimum Gasteiger partial charge on any atom is -0.343 e. The Balaban J connectivity index is 3.97. The third-order valence-corrected chi connectivity index (χ3v) is 13.2. The SMILES string of the molecule is CCC[C@@H]1NC(=O)[C@H](CC(C)C)NC(=O)[C@H](C(C)C)NC(=O)[C@H](CC(C)C)NC(=O)[C@H](CC(C)C)NC(=O)[C@@H](C)NC(=O)[C@H](C)NC(=O)[C@H](CC(C)C)NC(=O)[C@H](C(C)C)NC(=O)[C@H](CC(C)C)N(C)C(=O)CN(C)C1=O. The highest BCUT2D eigenvalue weighted by molar-refractivity contribution is 5.99. The molecule has 22 nitrogen and oxygen atoms in total. The molecule has 1 heterocycles. The fraction of sp³-hybridized carbons (Fsp3) is 0.800. The lowest BCUT2D eigenvalue weighted by Gasteiger charge is -2.33. The van der Waals surface area contributed by atoms with E-state index < -0.39 is 144 Å². The van der Waals surface area contributed by atoms with Gasteiger partial charge in [-0.25, -0.2) is 0 Å². The number of carbonyl (C=O) groups is 11. The molecule has 0 aliphatic carbocycles. The van der Waals surface area contributed by atoms with E-state index in [1.54, 1.807) is 27.7 Å². The van der Waals surface area contributed by atoms with Crippen molar-refractivity contribution in [1.82, 2.24) is 57.7 Å². The number of carbonyl (C=O) groups excluding carboxylic acids is 11. The molecule has 77 heavy (non-hydrogen) atoms. The Morgan fingerprint density at radius 3 is 1.05 bits per heavy atom. The Kier molecular flexibility index (Phi) is 29.5. The summed E-state index contributed by atoms with van der Waals surface area (Å²) in [6, 6.07) is -11.6. The molecule has 0 aromatic rings. The van der Waals surface area contributed by atoms with Gasteiger partial charge in [0.25, 0.3) is 0 Å². The third kappa shape index (κ3) is 23.8. The van der Waals surface area contributed by atoms with Crippen molar-refractivity contribution < 1.29 is 52.7 Å². The van der Waals surface area contributed by atoms with Crippen LogP contribution in [-0.4, -0.2) is 156 Å². The van der Waals surface area contributed by atoms with Crippen LogP contribution in [-0.2, 0) is 52.7 Å². The summed E-state index contributed by atoms with van der Waals surface area (Å²) in [5.74, 6) is -8.99. The van der Waals surface area contributed by atoms with E-state index in [1.165, 1.54) is 32.8 Å². The van der Waals surface area contributed by atoms with E-state index >= 15 is 0 Å². The fourth-order valence-electron chi connectivity index (χ4n) is 8.80. The molecule has 11 amide bonds. The average Bonchev–Trinajstić information content (AvgIpc) is 3.30. The highest BCUT2D eigenvalue weighted by atomic mass is 16.2. The first kappa shape index (κ1) is 69.2. The third-order valence-electron chi connectivity index (χ3n) is 13.2. The molecule has 22 heteroatoms. The Morgan fingerprint density at radius 2 is 0.688 bits per heavy atom. The topological polar surface area (TPSA) is 303 Å². The molecule has 0 aromatic carbocycles. The van der Waals surface area contributed by atoms with Crippen LogP contribution in [0.25, 0.3) is 0 Å². The molecule has 10 atom stereocenters. The lowest BCUT2D eigenvalue weighted by Crippen LogP contribution is -2.61. The number of rotatable bonds is 14. The van der Waals surface area contributed by atoms with Gasteiger partial charge in [-0.2, -0.15) is 0 Å². The molecule has 1 aliphatic rings. The number of hydrogen-bond donors (Lipinski definition) is 9. The zero-order valence-corrected chi connectivity index (χ0v) is 49.9. The van der Waals surface area contributed by atoms with Crippen LogP contribution in [0.1, 0.15) is 163 Å². The summed E-state index contributed by atoms with van der Waals surface area (Å²) in [4.78, 5) is 157. The maximum absolute atomic E-state index is 14.2. The zero-order chi connectivity index (χ0) is 59.3. The highest BCUT2D eigenvalue weighted by Gasteiger charge is 2.38. The van der Waals surface area contributed by atoms with Crippen molar-refractivity contribution in [3.8, 4) is 0 Å². The Labute approximate surface area is 459 Å². The Morgan fingerprint density at radius 1 is 0.390 bits per heavy atom. The van der Waals surface area contributed by atoms with E-state index in [4.69, 9.17) is 0 Å². The van der Waals surface area contributed by atoms with Gasteiger partial charge >= 0.3 is 0 Å². The van der Waals surface area contributed by atoms with Crippen molar-refractivity contribution in [1.29, 1.82) is 0 Å². The van der Waals surface area contributed by atoms with Gasteiger partial charge in [0, 0.05) is 14.1 Å². The van der Waals surface area contributed by atoms with Gasteiger partial charge in [-0.15, -0.1) is 0 Å². The summed E-state index contributed by atoms with van der Waals surface area (Å²) >= 11 is 0. The average molecular weight is 1090 g/mol. The normalized spacial score (nSPS) is 26.9. The quantitative estimate of drug-likeness (QED) is 0.121. The summed E-state index contributed by atoms with van der Waals surface area (Å²) in [6.45, 7) is 29.5. The van der Waals surface area contributed by atoms with E-state index in [-0.39, 0.29) is 68.1 Å². The van der Waals surface area contributed by atoms with E-state index in [9.17, 15) is 52.7 Å². The number of amides is 11. The Bertz CT molecular complexity index is 2030. The van der Waals surface area contributed by atoms with Gasteiger partial charge in [-0.1, -0.05) is 110 Å². The van der Waals surface area contributed by atoms with Gasteiger partial charge in [-0.3, -0.25) is 52.7 Å². The number of nitrogens with one attached hydrogen (secondary N) is 9. The molecule has 0 aromatic heterocycles. The molecule has 1 aliphatic heterocycles. The van der Waals surface area contributed by atoms with Gasteiger partial charge in [0.1, 0.15) is 60.4 Å². The molecule has 9 N–H and O–H groups in total. The molecule has 440 valence electrons. The summed E-state index contributed by atoms with van der Waals surface area (Å²) < 4.78 is 0. The second-order valence-corrected chi connectivity index (χ2v) is 23.9. The van der Waals surface area contributed by atoms with Crippen molar-refractivity contribution in [2.24, 2.45) is 41.4 Å². The van der Waals surface area contributed by atoms with E-state index in [1.807, 2.05) is 76.2 Å². The van der Waals surface area contributed by atoms with Gasteiger partial charge < -0.3 is 57.7 Å². The van der Waals surface area contributed by atoms with Crippen LogP contribution in [0.15, 0.2) is 0 Å². The minimum absolute atomic E-state index is 0.107. The first-order chi connectivity index (χ1) is 35.6. The molecule has 0 radical (unpaired) electrons. The van der Waals surface area contributed by atoms with Gasteiger partial charge in [0.05, 0.1) is 6.54 Å². The molecule has 0 unspecified atom stereocenters. The molecule has 1 rings (SSSR count). The maximum atomic E-state index is 14.2. The number of nitrogens with zero attached hydrogens (tertiary/aromatic N) is 2. The fourth-order valence-corrected chi connectivity index (χ4v) is 8.80. The molecular weight excluding hydrogens is 991 g/mol. The molecule has 1 saturated heterocycles. The summed E-state index contributed by atoms with van der Waals surface area (Å²) in [7, 11) is 2.84. The predicted octanol–water partition coefficient (Wildman–Crippen LogP) is 2.03. The monoisotopic (exact) mass is 1090 g/mol. The summed E-state index contributed by atoms with van der Waals surface area (Å²) in [5.41, 5.74) is 0. The van der Waals surface area contributed by atoms with Gasteiger partial charge in [0.2, 0.25) is 65.0 Å². The lowest BCUT2D eigenvalue weighted by atomic mass is 9.97. The molecule has 0 bridgehead atoms. The lowest BCUT2D eigenvalue weighted by molar-refractivity contribution is -0.145. The maximum Gasteiger partial charge on any atom is 0.245 e. The second kappa shape index (κ2) is 32.8. The van der Waals surface area contributed by atoms with Crippen LogP contribution < -0.4 is 47.9 Å². The summed E-state index contributed by atoms with van der Waals surface area (Å²) in [5, 5.41) is 24.6. The standard InChI is InChI=1S/C55H99N11O11/c1-20-21-37-55(77)65(18)27-43(67)66(19)42(26-32(10)11)52(74)64-45(34(14)15)54(76)61-38(22-28(2)3)48(70)57-35(16)46(68)56-36(17)47(69)59-39(23-29(4)5)50(72)60-41(25-31(8)9)51(73)63-44(33(12)13)53(75)62-40(24-30(6)7)49(71)58-37/h28-42,44-45H,20-27H2,1-19H3,(H,56,68)(H,57,70)(H,58,71)(H,59,69)(H,60,72)(H,61,76)(H,62,75)(H,63,73)(H,64,74)/t35-,36+,37-,38-,39-,40-,41-,42-,44-,45-/m0/s1.